The Morgan fingerprint density at radius 1 is 0.500 bits per heavy atom. The lowest BCUT2D eigenvalue weighted by Gasteiger charge is -2.48. The lowest BCUT2D eigenvalue weighted by molar-refractivity contribution is 0.0318. The predicted molar refractivity (Wildman–Crippen MR) is 129 cm³/mol. The normalized spacial score (nSPS) is 46.5. The molecule has 5 aliphatic carbocycles. The van der Waals surface area contributed by atoms with Crippen molar-refractivity contribution in [2.75, 3.05) is 0 Å². The van der Waals surface area contributed by atoms with Gasteiger partial charge in [-0.3, -0.25) is 0 Å². The smallest absolute Gasteiger partial charge is 0.0357 e. The highest BCUT2D eigenvalue weighted by molar-refractivity contribution is 4.92. The maximum atomic E-state index is 2.41. The summed E-state index contributed by atoms with van der Waals surface area (Å²) in [4.78, 5) is 0. The van der Waals surface area contributed by atoms with E-state index in [1.54, 1.807) is 116 Å². The molecule has 5 rings (SSSR count). The first-order chi connectivity index (χ1) is 14.8. The van der Waals surface area contributed by atoms with Gasteiger partial charge < -0.3 is 0 Å². The molecule has 172 valence electrons. The zero-order valence-corrected chi connectivity index (χ0v) is 20.3. The van der Waals surface area contributed by atoms with Crippen molar-refractivity contribution in [2.24, 2.45) is 53.3 Å². The SMILES string of the molecule is CCCC1CCCC2CC(CCCC3CCC4CC5CCCCC5CC4C3)CCC12. The van der Waals surface area contributed by atoms with E-state index in [1.165, 1.54) is 12.8 Å². The number of fused-ring (bicyclic) bond motifs is 3. The summed E-state index contributed by atoms with van der Waals surface area (Å²) in [5.74, 6) is 10.1. The molecule has 0 heteroatoms. The zero-order valence-electron chi connectivity index (χ0n) is 20.3. The molecule has 0 heterocycles. The fourth-order valence-electron chi connectivity index (χ4n) is 9.85. The Morgan fingerprint density at radius 3 is 1.90 bits per heavy atom. The first-order valence-corrected chi connectivity index (χ1v) is 14.8. The van der Waals surface area contributed by atoms with Crippen molar-refractivity contribution in [2.45, 2.75) is 135 Å². The maximum absolute atomic E-state index is 2.41. The fourth-order valence-corrected chi connectivity index (χ4v) is 9.85. The van der Waals surface area contributed by atoms with Crippen LogP contribution in [-0.2, 0) is 0 Å². The van der Waals surface area contributed by atoms with Gasteiger partial charge in [0.1, 0.15) is 0 Å². The molecule has 0 aromatic carbocycles. The Hall–Kier alpha value is 0. The number of hydrogen-bond acceptors (Lipinski definition) is 0. The van der Waals surface area contributed by atoms with Crippen LogP contribution in [-0.4, -0.2) is 0 Å². The van der Waals surface area contributed by atoms with Crippen molar-refractivity contribution in [3.63, 3.8) is 0 Å². The van der Waals surface area contributed by atoms with Crippen LogP contribution in [0.1, 0.15) is 135 Å². The van der Waals surface area contributed by atoms with E-state index < -0.39 is 0 Å². The van der Waals surface area contributed by atoms with E-state index in [4.69, 9.17) is 0 Å². The molecule has 0 nitrogen and oxygen atoms in total. The molecule has 5 aliphatic rings. The van der Waals surface area contributed by atoms with E-state index in [1.807, 2.05) is 0 Å². The lowest BCUT2D eigenvalue weighted by atomic mass is 9.58. The van der Waals surface area contributed by atoms with E-state index in [0.29, 0.717) is 0 Å². The zero-order chi connectivity index (χ0) is 20.3. The lowest BCUT2D eigenvalue weighted by Crippen LogP contribution is -2.37. The van der Waals surface area contributed by atoms with Gasteiger partial charge in [0.05, 0.1) is 0 Å². The molecule has 30 heavy (non-hydrogen) atoms. The largest absolute Gasteiger partial charge is 0.0654 e. The fraction of sp³-hybridized carbons (Fsp3) is 1.00. The van der Waals surface area contributed by atoms with Gasteiger partial charge in [-0.1, -0.05) is 96.8 Å². The minimum absolute atomic E-state index is 1.10. The molecule has 0 aliphatic heterocycles. The van der Waals surface area contributed by atoms with Gasteiger partial charge in [0.15, 0.2) is 0 Å². The van der Waals surface area contributed by atoms with Crippen LogP contribution in [0, 0.1) is 53.3 Å². The summed E-state index contributed by atoms with van der Waals surface area (Å²) in [6.45, 7) is 2.41. The summed E-state index contributed by atoms with van der Waals surface area (Å²) >= 11 is 0. The van der Waals surface area contributed by atoms with Gasteiger partial charge in [0, 0.05) is 0 Å². The van der Waals surface area contributed by atoms with Crippen molar-refractivity contribution in [1.29, 1.82) is 0 Å². The van der Waals surface area contributed by atoms with Crippen molar-refractivity contribution in [3.05, 3.63) is 0 Å². The Balaban J connectivity index is 1.03. The van der Waals surface area contributed by atoms with E-state index in [2.05, 4.69) is 6.92 Å². The molecule has 5 saturated carbocycles. The van der Waals surface area contributed by atoms with Gasteiger partial charge in [-0.05, 0) is 91.8 Å². The van der Waals surface area contributed by atoms with Crippen molar-refractivity contribution < 1.29 is 0 Å². The van der Waals surface area contributed by atoms with Crippen molar-refractivity contribution in [3.8, 4) is 0 Å². The molecule has 0 amide bonds. The Bertz CT molecular complexity index is 520. The first kappa shape index (κ1) is 21.8. The molecule has 0 spiro atoms. The van der Waals surface area contributed by atoms with E-state index >= 15 is 0 Å². The Kier molecular flexibility index (Phi) is 7.49. The van der Waals surface area contributed by atoms with Gasteiger partial charge in [-0.15, -0.1) is 0 Å². The highest BCUT2D eigenvalue weighted by Crippen LogP contribution is 2.52. The van der Waals surface area contributed by atoms with Crippen LogP contribution < -0.4 is 0 Å². The summed E-state index contributed by atoms with van der Waals surface area (Å²) in [6, 6.07) is 0. The number of hydrogen-bond donors (Lipinski definition) is 0. The van der Waals surface area contributed by atoms with Crippen LogP contribution in [0.5, 0.6) is 0 Å². The number of rotatable bonds is 6. The maximum Gasteiger partial charge on any atom is -0.0357 e. The minimum atomic E-state index is 1.10. The van der Waals surface area contributed by atoms with Gasteiger partial charge in [0.2, 0.25) is 0 Å². The van der Waals surface area contributed by atoms with Crippen LogP contribution >= 0.6 is 0 Å². The highest BCUT2D eigenvalue weighted by Gasteiger charge is 2.41. The predicted octanol–water partition coefficient (Wildman–Crippen LogP) is 9.42. The van der Waals surface area contributed by atoms with Crippen LogP contribution in [0.4, 0.5) is 0 Å². The summed E-state index contributed by atoms with van der Waals surface area (Å²) in [7, 11) is 0. The summed E-state index contributed by atoms with van der Waals surface area (Å²) in [5.41, 5.74) is 0. The average molecular weight is 413 g/mol. The van der Waals surface area contributed by atoms with Crippen molar-refractivity contribution in [1.82, 2.24) is 0 Å². The first-order valence-electron chi connectivity index (χ1n) is 14.8. The molecule has 9 unspecified atom stereocenters. The second-order valence-corrected chi connectivity index (χ2v) is 13.0. The van der Waals surface area contributed by atoms with Crippen LogP contribution in [0.3, 0.4) is 0 Å². The third-order valence-corrected chi connectivity index (χ3v) is 11.3. The van der Waals surface area contributed by atoms with Gasteiger partial charge >= 0.3 is 0 Å². The molecule has 0 radical (unpaired) electrons. The quantitative estimate of drug-likeness (QED) is 0.407. The third-order valence-electron chi connectivity index (χ3n) is 11.3. The van der Waals surface area contributed by atoms with Crippen molar-refractivity contribution >= 4 is 0 Å². The molecule has 9 atom stereocenters. The highest BCUT2D eigenvalue weighted by atomic mass is 14.5. The van der Waals surface area contributed by atoms with Crippen LogP contribution in [0.15, 0.2) is 0 Å². The summed E-state index contributed by atoms with van der Waals surface area (Å²) in [5, 5.41) is 0. The molecular weight excluding hydrogens is 360 g/mol. The standard InChI is InChI=1S/C30H52/c1-2-7-24-12-6-13-28-18-23(15-17-30(24)28)9-5-8-22-14-16-27-20-25-10-3-4-11-26(25)21-29(27)19-22/h22-30H,2-21H2,1H3. The minimum Gasteiger partial charge on any atom is -0.0654 e. The Morgan fingerprint density at radius 2 is 1.13 bits per heavy atom. The summed E-state index contributed by atoms with van der Waals surface area (Å²) in [6.07, 6.45) is 31.5. The molecular formula is C30H52. The molecule has 0 bridgehead atoms. The van der Waals surface area contributed by atoms with E-state index in [0.717, 1.165) is 53.3 Å². The molecule has 0 saturated heterocycles. The molecule has 0 N–H and O–H groups in total. The molecule has 5 fully saturated rings. The van der Waals surface area contributed by atoms with E-state index in [-0.39, 0.29) is 0 Å². The topological polar surface area (TPSA) is 0 Å². The Labute approximate surface area is 188 Å². The van der Waals surface area contributed by atoms with E-state index in [9.17, 15) is 0 Å². The second kappa shape index (κ2) is 10.3. The molecule has 0 aromatic rings. The monoisotopic (exact) mass is 412 g/mol. The molecule has 0 aromatic heterocycles. The van der Waals surface area contributed by atoms with Crippen LogP contribution in [0.25, 0.3) is 0 Å². The second-order valence-electron chi connectivity index (χ2n) is 13.0. The van der Waals surface area contributed by atoms with Gasteiger partial charge in [0.25, 0.3) is 0 Å². The van der Waals surface area contributed by atoms with Gasteiger partial charge in [-0.2, -0.15) is 0 Å². The summed E-state index contributed by atoms with van der Waals surface area (Å²) < 4.78 is 0. The van der Waals surface area contributed by atoms with Crippen LogP contribution in [0.2, 0.25) is 0 Å². The average Bonchev–Trinajstić information content (AvgIpc) is 2.78. The van der Waals surface area contributed by atoms with Gasteiger partial charge in [-0.25, -0.2) is 0 Å². The third kappa shape index (κ3) is 4.98.